The number of esters is 1. The number of methoxy groups -OCH3 is 1. The highest BCUT2D eigenvalue weighted by molar-refractivity contribution is 5.81. The van der Waals surface area contributed by atoms with Gasteiger partial charge in [-0.2, -0.15) is 0 Å². The van der Waals surface area contributed by atoms with Crippen LogP contribution in [0.3, 0.4) is 0 Å². The number of hydrogen-bond acceptors (Lipinski definition) is 3. The molecule has 0 aliphatic heterocycles. The van der Waals surface area contributed by atoms with Gasteiger partial charge in [-0.3, -0.25) is 0 Å². The third-order valence-electron chi connectivity index (χ3n) is 1.77. The van der Waals surface area contributed by atoms with Crippen molar-refractivity contribution < 1.29 is 14.6 Å². The van der Waals surface area contributed by atoms with Gasteiger partial charge in [0.2, 0.25) is 0 Å². The highest BCUT2D eigenvalue weighted by Gasteiger charge is 2.14. The zero-order valence-corrected chi connectivity index (χ0v) is 7.83. The van der Waals surface area contributed by atoms with Crippen LogP contribution in [0, 0.1) is 0 Å². The normalized spacial score (nSPS) is 16.0. The van der Waals surface area contributed by atoms with Crippen LogP contribution in [0.2, 0.25) is 0 Å². The van der Waals surface area contributed by atoms with Crippen LogP contribution in [0.4, 0.5) is 0 Å². The second-order valence-electron chi connectivity index (χ2n) is 2.98. The van der Waals surface area contributed by atoms with Gasteiger partial charge in [-0.1, -0.05) is 13.0 Å². The fourth-order valence-electron chi connectivity index (χ4n) is 0.621. The SMILES string of the molecule is CCC(C)(O)C/C=C/C(=O)OC. The molecule has 1 N–H and O–H groups in total. The highest BCUT2D eigenvalue weighted by Crippen LogP contribution is 2.13. The fraction of sp³-hybridized carbons (Fsp3) is 0.667. The molecule has 0 fully saturated rings. The van der Waals surface area contributed by atoms with E-state index in [0.717, 1.165) is 0 Å². The molecule has 0 aliphatic rings. The van der Waals surface area contributed by atoms with Crippen molar-refractivity contribution in [2.24, 2.45) is 0 Å². The first-order valence-electron chi connectivity index (χ1n) is 3.98. The Morgan fingerprint density at radius 3 is 2.67 bits per heavy atom. The van der Waals surface area contributed by atoms with Gasteiger partial charge in [-0.25, -0.2) is 4.79 Å². The van der Waals surface area contributed by atoms with Crippen molar-refractivity contribution in [3.8, 4) is 0 Å². The van der Waals surface area contributed by atoms with Crippen LogP contribution in [-0.2, 0) is 9.53 Å². The summed E-state index contributed by atoms with van der Waals surface area (Å²) >= 11 is 0. The molecule has 12 heavy (non-hydrogen) atoms. The van der Waals surface area contributed by atoms with Crippen LogP contribution in [0.15, 0.2) is 12.2 Å². The molecule has 3 nitrogen and oxygen atoms in total. The van der Waals surface area contributed by atoms with Gasteiger partial charge in [0.25, 0.3) is 0 Å². The van der Waals surface area contributed by atoms with Crippen molar-refractivity contribution in [3.63, 3.8) is 0 Å². The lowest BCUT2D eigenvalue weighted by Crippen LogP contribution is -2.21. The van der Waals surface area contributed by atoms with Crippen molar-refractivity contribution in [2.45, 2.75) is 32.3 Å². The van der Waals surface area contributed by atoms with Crippen molar-refractivity contribution in [1.82, 2.24) is 0 Å². The van der Waals surface area contributed by atoms with Gasteiger partial charge in [-0.05, 0) is 19.8 Å². The monoisotopic (exact) mass is 172 g/mol. The van der Waals surface area contributed by atoms with Gasteiger partial charge in [-0.15, -0.1) is 0 Å². The molecule has 0 spiro atoms. The van der Waals surface area contributed by atoms with E-state index < -0.39 is 5.60 Å². The van der Waals surface area contributed by atoms with Gasteiger partial charge in [0.1, 0.15) is 0 Å². The zero-order chi connectivity index (χ0) is 9.61. The summed E-state index contributed by atoms with van der Waals surface area (Å²) in [5.41, 5.74) is -0.718. The van der Waals surface area contributed by atoms with E-state index in [0.29, 0.717) is 12.8 Å². The summed E-state index contributed by atoms with van der Waals surface area (Å²) < 4.78 is 4.39. The Balaban J connectivity index is 3.81. The molecule has 1 atom stereocenters. The molecule has 0 amide bonds. The van der Waals surface area contributed by atoms with Gasteiger partial charge < -0.3 is 9.84 Å². The molecule has 3 heteroatoms. The van der Waals surface area contributed by atoms with Gasteiger partial charge in [0, 0.05) is 6.08 Å². The number of rotatable bonds is 4. The lowest BCUT2D eigenvalue weighted by atomic mass is 9.99. The average molecular weight is 172 g/mol. The molecular formula is C9H16O3. The maximum Gasteiger partial charge on any atom is 0.330 e. The first kappa shape index (κ1) is 11.2. The van der Waals surface area contributed by atoms with Crippen molar-refractivity contribution in [3.05, 3.63) is 12.2 Å². The summed E-state index contributed by atoms with van der Waals surface area (Å²) in [6.45, 7) is 3.63. The number of carbonyl (C=O) groups excluding carboxylic acids is 1. The maximum absolute atomic E-state index is 10.6. The van der Waals surface area contributed by atoms with Crippen molar-refractivity contribution >= 4 is 5.97 Å². The third kappa shape index (κ3) is 4.91. The molecule has 0 saturated heterocycles. The van der Waals surface area contributed by atoms with E-state index in [4.69, 9.17) is 0 Å². The standard InChI is InChI=1S/C9H16O3/c1-4-9(2,11)7-5-6-8(10)12-3/h5-6,11H,4,7H2,1-3H3/b6-5+. The predicted molar refractivity (Wildman–Crippen MR) is 46.7 cm³/mol. The largest absolute Gasteiger partial charge is 0.466 e. The molecule has 0 radical (unpaired) electrons. The number of carbonyl (C=O) groups is 1. The van der Waals surface area contributed by atoms with Gasteiger partial charge in [0.15, 0.2) is 0 Å². The molecule has 0 saturated carbocycles. The minimum absolute atomic E-state index is 0.387. The average Bonchev–Trinajstić information content (AvgIpc) is 2.04. The summed E-state index contributed by atoms with van der Waals surface area (Å²) in [4.78, 5) is 10.6. The van der Waals surface area contributed by atoms with E-state index in [1.54, 1.807) is 13.0 Å². The number of hydrogen-bond donors (Lipinski definition) is 1. The summed E-state index contributed by atoms with van der Waals surface area (Å²) in [6, 6.07) is 0. The van der Waals surface area contributed by atoms with E-state index >= 15 is 0 Å². The maximum atomic E-state index is 10.6. The molecule has 0 aromatic heterocycles. The molecule has 0 aliphatic carbocycles. The predicted octanol–water partition coefficient (Wildman–Crippen LogP) is 1.27. The fourth-order valence-corrected chi connectivity index (χ4v) is 0.621. The Hall–Kier alpha value is -0.830. The first-order chi connectivity index (χ1) is 5.52. The minimum Gasteiger partial charge on any atom is -0.466 e. The highest BCUT2D eigenvalue weighted by atomic mass is 16.5. The van der Waals surface area contributed by atoms with E-state index in [1.807, 2.05) is 6.92 Å². The molecule has 1 unspecified atom stereocenters. The Morgan fingerprint density at radius 2 is 2.25 bits per heavy atom. The Bertz CT molecular complexity index is 171. The molecule has 70 valence electrons. The quantitative estimate of drug-likeness (QED) is 0.513. The first-order valence-corrected chi connectivity index (χ1v) is 3.98. The van der Waals surface area contributed by atoms with E-state index in [9.17, 15) is 9.90 Å². The second-order valence-corrected chi connectivity index (χ2v) is 2.98. The topological polar surface area (TPSA) is 46.5 Å². The number of aliphatic hydroxyl groups is 1. The van der Waals surface area contributed by atoms with Crippen LogP contribution in [0.5, 0.6) is 0 Å². The van der Waals surface area contributed by atoms with E-state index in [1.165, 1.54) is 13.2 Å². The van der Waals surface area contributed by atoms with E-state index in [-0.39, 0.29) is 5.97 Å². The van der Waals surface area contributed by atoms with Gasteiger partial charge >= 0.3 is 5.97 Å². The smallest absolute Gasteiger partial charge is 0.330 e. The van der Waals surface area contributed by atoms with Crippen LogP contribution in [-0.4, -0.2) is 23.8 Å². The summed E-state index contributed by atoms with van der Waals surface area (Å²) in [6.07, 6.45) is 4.08. The Labute approximate surface area is 73.0 Å². The van der Waals surface area contributed by atoms with Crippen LogP contribution in [0.1, 0.15) is 26.7 Å². The lowest BCUT2D eigenvalue weighted by molar-refractivity contribution is -0.134. The molecule has 0 heterocycles. The van der Waals surface area contributed by atoms with Crippen LogP contribution in [0.25, 0.3) is 0 Å². The Morgan fingerprint density at radius 1 is 1.67 bits per heavy atom. The second kappa shape index (κ2) is 4.93. The molecule has 0 rings (SSSR count). The van der Waals surface area contributed by atoms with Crippen molar-refractivity contribution in [2.75, 3.05) is 7.11 Å². The van der Waals surface area contributed by atoms with Crippen LogP contribution >= 0.6 is 0 Å². The summed E-state index contributed by atoms with van der Waals surface area (Å²) in [7, 11) is 1.32. The minimum atomic E-state index is -0.718. The zero-order valence-electron chi connectivity index (χ0n) is 7.83. The van der Waals surface area contributed by atoms with Gasteiger partial charge in [0.05, 0.1) is 12.7 Å². The molecular weight excluding hydrogens is 156 g/mol. The lowest BCUT2D eigenvalue weighted by Gasteiger charge is -2.18. The molecule has 0 aromatic carbocycles. The molecule has 0 bridgehead atoms. The summed E-state index contributed by atoms with van der Waals surface area (Å²) in [5.74, 6) is -0.387. The Kier molecular flexibility index (Phi) is 4.59. The van der Waals surface area contributed by atoms with Crippen molar-refractivity contribution in [1.29, 1.82) is 0 Å². The van der Waals surface area contributed by atoms with Crippen LogP contribution < -0.4 is 0 Å². The number of ether oxygens (including phenoxy) is 1. The third-order valence-corrected chi connectivity index (χ3v) is 1.77. The van der Waals surface area contributed by atoms with E-state index in [2.05, 4.69) is 4.74 Å². The summed E-state index contributed by atoms with van der Waals surface area (Å²) in [5, 5.41) is 9.51. The molecule has 0 aromatic rings.